The zero-order valence-electron chi connectivity index (χ0n) is 19.8. The van der Waals surface area contributed by atoms with E-state index in [1.165, 1.54) is 12.8 Å². The van der Waals surface area contributed by atoms with Crippen LogP contribution in [0.15, 0.2) is 11.6 Å². The minimum Gasteiger partial charge on any atom is -0.412 e. The molecule has 2 aliphatic carbocycles. The van der Waals surface area contributed by atoms with Gasteiger partial charge in [-0.25, -0.2) is 0 Å². The summed E-state index contributed by atoms with van der Waals surface area (Å²) in [6.45, 7) is 12.2. The lowest BCUT2D eigenvalue weighted by Crippen LogP contribution is -2.56. The molecule has 1 heterocycles. The van der Waals surface area contributed by atoms with Crippen molar-refractivity contribution in [3.8, 4) is 0 Å². The van der Waals surface area contributed by atoms with E-state index in [1.54, 1.807) is 5.57 Å². The summed E-state index contributed by atoms with van der Waals surface area (Å²) in [6, 6.07) is -0.109. The highest BCUT2D eigenvalue weighted by molar-refractivity contribution is 6.20. The van der Waals surface area contributed by atoms with Gasteiger partial charge in [0.2, 0.25) is 5.91 Å². The molecular weight excluding hydrogens is 430 g/mol. The Kier molecular flexibility index (Phi) is 13.9. The Balaban J connectivity index is 0. The zero-order chi connectivity index (χ0) is 20.5. The summed E-state index contributed by atoms with van der Waals surface area (Å²) in [5.41, 5.74) is 7.86. The molecule has 9 N–H and O–H groups in total. The molecule has 1 aliphatic heterocycles. The number of likely N-dealkylation sites (tertiary alicyclic amines) is 1. The molecule has 0 aromatic heterocycles. The molecule has 2 fully saturated rings. The van der Waals surface area contributed by atoms with E-state index in [2.05, 4.69) is 44.0 Å². The Morgan fingerprint density at radius 1 is 1.25 bits per heavy atom. The maximum atomic E-state index is 13.4. The number of carbonyl (C=O) groups excluding carboxylic acids is 1. The molecule has 32 heavy (non-hydrogen) atoms. The van der Waals surface area contributed by atoms with Crippen LogP contribution in [0.4, 0.5) is 0 Å². The van der Waals surface area contributed by atoms with E-state index in [9.17, 15) is 4.79 Å². The number of carbonyl (C=O) groups is 1. The number of nitrogens with one attached hydrogen (secondary N) is 1. The van der Waals surface area contributed by atoms with Crippen molar-refractivity contribution in [2.45, 2.75) is 85.1 Å². The normalized spacial score (nSPS) is 26.3. The van der Waals surface area contributed by atoms with Crippen molar-refractivity contribution < 1.29 is 21.2 Å². The Morgan fingerprint density at radius 3 is 2.31 bits per heavy atom. The summed E-state index contributed by atoms with van der Waals surface area (Å²) < 4.78 is 0. The molecule has 0 aromatic carbocycles. The van der Waals surface area contributed by atoms with E-state index in [0.717, 1.165) is 51.9 Å². The molecule has 0 aromatic rings. The fourth-order valence-electron chi connectivity index (χ4n) is 5.13. The van der Waals surface area contributed by atoms with Gasteiger partial charge in [-0.3, -0.25) is 4.79 Å². The van der Waals surface area contributed by atoms with Crippen LogP contribution in [0.3, 0.4) is 0 Å². The van der Waals surface area contributed by atoms with E-state index in [1.807, 2.05) is 0 Å². The first-order valence-electron chi connectivity index (χ1n) is 11.2. The van der Waals surface area contributed by atoms with Crippen molar-refractivity contribution in [2.75, 3.05) is 26.2 Å². The van der Waals surface area contributed by atoms with Gasteiger partial charge in [0.15, 0.2) is 0 Å². The third-order valence-corrected chi connectivity index (χ3v) is 7.79. The molecule has 3 atom stereocenters. The standard InChI is InChI=1S/C23H40ClN3O.CH4.3H2O/c1-16(2)20(26-14-23(13-25)10-11-23)21(28)27-12-9-19(22(3,4)15-27)17-5-7-18(24)8-6-17;;;;/h5,16,18-20,26H,6-15,25H2,1-4H3;1H4;3*1H2/t18?,19?,20-;;;;/m1..../s1. The van der Waals surface area contributed by atoms with E-state index >= 15 is 0 Å². The van der Waals surface area contributed by atoms with Crippen molar-refractivity contribution >= 4 is 17.5 Å². The quantitative estimate of drug-likeness (QED) is 0.424. The fraction of sp³-hybridized carbons (Fsp3) is 0.875. The second-order valence-electron chi connectivity index (χ2n) is 10.5. The number of hydrogen-bond acceptors (Lipinski definition) is 3. The highest BCUT2D eigenvalue weighted by Gasteiger charge is 2.44. The summed E-state index contributed by atoms with van der Waals surface area (Å²) >= 11 is 6.29. The Hall–Kier alpha value is -0.700. The third kappa shape index (κ3) is 7.67. The van der Waals surface area contributed by atoms with Gasteiger partial charge in [-0.1, -0.05) is 46.8 Å². The van der Waals surface area contributed by atoms with Gasteiger partial charge in [0.05, 0.1) is 6.04 Å². The molecule has 3 aliphatic rings. The second kappa shape index (κ2) is 13.3. The van der Waals surface area contributed by atoms with Crippen LogP contribution in [0, 0.1) is 22.7 Å². The molecule has 8 heteroatoms. The predicted molar refractivity (Wildman–Crippen MR) is 135 cm³/mol. The first-order valence-corrected chi connectivity index (χ1v) is 11.7. The van der Waals surface area contributed by atoms with E-state index in [0.29, 0.717) is 11.3 Å². The number of amides is 1. The monoisotopic (exact) mass is 479 g/mol. The Labute approximate surface area is 200 Å². The van der Waals surface area contributed by atoms with Crippen molar-refractivity contribution in [3.05, 3.63) is 11.6 Å². The molecule has 1 amide bonds. The second-order valence-corrected chi connectivity index (χ2v) is 11.2. The third-order valence-electron chi connectivity index (χ3n) is 7.39. The lowest BCUT2D eigenvalue weighted by Gasteiger charge is -2.47. The average Bonchev–Trinajstić information content (AvgIpc) is 3.42. The largest absolute Gasteiger partial charge is 0.412 e. The number of piperidine rings is 1. The summed E-state index contributed by atoms with van der Waals surface area (Å²) in [5.74, 6) is 1.12. The lowest BCUT2D eigenvalue weighted by atomic mass is 9.68. The summed E-state index contributed by atoms with van der Waals surface area (Å²) in [6.07, 6.45) is 9.02. The molecule has 1 saturated heterocycles. The van der Waals surface area contributed by atoms with Gasteiger partial charge in [-0.15, -0.1) is 11.6 Å². The van der Waals surface area contributed by atoms with Crippen LogP contribution >= 0.6 is 11.6 Å². The number of alkyl halides is 1. The fourth-order valence-corrected chi connectivity index (χ4v) is 5.33. The average molecular weight is 480 g/mol. The number of nitrogens with two attached hydrogens (primary N) is 1. The van der Waals surface area contributed by atoms with Crippen LogP contribution < -0.4 is 11.1 Å². The topological polar surface area (TPSA) is 153 Å². The number of hydrogen-bond donors (Lipinski definition) is 2. The maximum Gasteiger partial charge on any atom is 0.239 e. The molecule has 3 rings (SSSR count). The van der Waals surface area contributed by atoms with Gasteiger partial charge in [0.1, 0.15) is 0 Å². The highest BCUT2D eigenvalue weighted by atomic mass is 35.5. The summed E-state index contributed by atoms with van der Waals surface area (Å²) in [4.78, 5) is 15.5. The minimum absolute atomic E-state index is 0. The summed E-state index contributed by atoms with van der Waals surface area (Å²) in [5, 5.41) is 3.88. The van der Waals surface area contributed by atoms with Gasteiger partial charge in [0, 0.05) is 25.0 Å². The zero-order valence-corrected chi connectivity index (χ0v) is 20.5. The smallest absolute Gasteiger partial charge is 0.239 e. The lowest BCUT2D eigenvalue weighted by molar-refractivity contribution is -0.138. The van der Waals surface area contributed by atoms with Crippen molar-refractivity contribution in [3.63, 3.8) is 0 Å². The SMILES string of the molecule is C.CC(C)[C@@H](NCC1(CN)CC1)C(=O)N1CCC(C2=CCC(Cl)CC2)C(C)(C)C1.O.O.O. The molecule has 2 unspecified atom stereocenters. The Bertz CT molecular complexity index is 608. The maximum absolute atomic E-state index is 13.4. The van der Waals surface area contributed by atoms with Crippen LogP contribution in [0.1, 0.15) is 73.6 Å². The molecule has 7 nitrogen and oxygen atoms in total. The first kappa shape index (κ1) is 33.5. The first-order chi connectivity index (χ1) is 13.2. The molecule has 1 saturated carbocycles. The molecule has 0 spiro atoms. The molecule has 192 valence electrons. The van der Waals surface area contributed by atoms with E-state index in [-0.39, 0.29) is 52.6 Å². The molecule has 0 radical (unpaired) electrons. The van der Waals surface area contributed by atoms with Crippen LogP contribution in [0.5, 0.6) is 0 Å². The Morgan fingerprint density at radius 2 is 1.88 bits per heavy atom. The van der Waals surface area contributed by atoms with Crippen molar-refractivity contribution in [1.29, 1.82) is 0 Å². The van der Waals surface area contributed by atoms with E-state index < -0.39 is 0 Å². The number of allylic oxidation sites excluding steroid dienone is 2. The van der Waals surface area contributed by atoms with Gasteiger partial charge in [-0.2, -0.15) is 0 Å². The van der Waals surface area contributed by atoms with Gasteiger partial charge in [-0.05, 0) is 67.7 Å². The predicted octanol–water partition coefficient (Wildman–Crippen LogP) is 2.09. The number of nitrogens with zero attached hydrogens (tertiary/aromatic N) is 1. The molecular formula is C24H50ClN3O4. The van der Waals surface area contributed by atoms with Gasteiger partial charge < -0.3 is 32.4 Å². The van der Waals surface area contributed by atoms with Crippen LogP contribution in [0.25, 0.3) is 0 Å². The number of rotatable bonds is 7. The van der Waals surface area contributed by atoms with Crippen molar-refractivity contribution in [2.24, 2.45) is 28.4 Å². The summed E-state index contributed by atoms with van der Waals surface area (Å²) in [7, 11) is 0. The highest BCUT2D eigenvalue weighted by Crippen LogP contribution is 2.45. The van der Waals surface area contributed by atoms with Gasteiger partial charge in [0.25, 0.3) is 0 Å². The number of halogens is 1. The minimum atomic E-state index is -0.109. The van der Waals surface area contributed by atoms with Crippen LogP contribution in [-0.4, -0.2) is 64.8 Å². The van der Waals surface area contributed by atoms with Gasteiger partial charge >= 0.3 is 0 Å². The molecule has 0 bridgehead atoms. The van der Waals surface area contributed by atoms with Crippen molar-refractivity contribution in [1.82, 2.24) is 10.2 Å². The van der Waals surface area contributed by atoms with E-state index in [4.69, 9.17) is 17.3 Å². The van der Waals surface area contributed by atoms with Crippen LogP contribution in [-0.2, 0) is 4.79 Å². The van der Waals surface area contributed by atoms with Crippen LogP contribution in [0.2, 0.25) is 0 Å².